The molecule has 17 heavy (non-hydrogen) atoms. The van der Waals surface area contributed by atoms with Crippen molar-refractivity contribution in [2.75, 3.05) is 0 Å². The Balaban J connectivity index is 2.92. The van der Waals surface area contributed by atoms with Gasteiger partial charge < -0.3 is 5.73 Å². The topological polar surface area (TPSA) is 69.2 Å². The van der Waals surface area contributed by atoms with Crippen molar-refractivity contribution < 1.29 is 9.31 Å². The van der Waals surface area contributed by atoms with E-state index >= 15 is 0 Å². The second-order valence-corrected chi connectivity index (χ2v) is 4.54. The number of benzene rings is 1. The van der Waals surface area contributed by atoms with Crippen molar-refractivity contribution in [3.63, 3.8) is 0 Å². The third kappa shape index (κ3) is 3.78. The molecule has 0 saturated heterocycles. The number of nitro groups is 1. The van der Waals surface area contributed by atoms with Crippen LogP contribution in [0.5, 0.6) is 0 Å². The molecule has 1 atom stereocenters. The second-order valence-electron chi connectivity index (χ2n) is 4.54. The minimum absolute atomic E-state index is 0.235. The summed E-state index contributed by atoms with van der Waals surface area (Å²) < 4.78 is 12.9. The summed E-state index contributed by atoms with van der Waals surface area (Å²) in [5.41, 5.74) is 6.07. The van der Waals surface area contributed by atoms with E-state index in [2.05, 4.69) is 13.8 Å². The first-order valence-corrected chi connectivity index (χ1v) is 5.61. The van der Waals surface area contributed by atoms with Crippen LogP contribution in [-0.2, 0) is 0 Å². The molecule has 2 N–H and O–H groups in total. The van der Waals surface area contributed by atoms with E-state index in [1.807, 2.05) is 0 Å². The van der Waals surface area contributed by atoms with Gasteiger partial charge in [-0.05, 0) is 30.9 Å². The van der Waals surface area contributed by atoms with Gasteiger partial charge in [-0.2, -0.15) is 0 Å². The normalized spacial score (nSPS) is 12.8. The molecule has 1 rings (SSSR count). The molecule has 0 saturated carbocycles. The van der Waals surface area contributed by atoms with Crippen LogP contribution in [0, 0.1) is 21.8 Å². The molecule has 0 aliphatic rings. The van der Waals surface area contributed by atoms with Gasteiger partial charge in [-0.3, -0.25) is 10.1 Å². The van der Waals surface area contributed by atoms with E-state index in [1.54, 1.807) is 0 Å². The zero-order chi connectivity index (χ0) is 13.0. The summed E-state index contributed by atoms with van der Waals surface area (Å²) in [6.45, 7) is 4.12. The predicted octanol–water partition coefficient (Wildman–Crippen LogP) is 3.17. The molecule has 5 heteroatoms. The van der Waals surface area contributed by atoms with Crippen LogP contribution in [0.1, 0.15) is 38.3 Å². The second kappa shape index (κ2) is 5.72. The van der Waals surface area contributed by atoms with Crippen molar-refractivity contribution in [2.24, 2.45) is 11.7 Å². The van der Waals surface area contributed by atoms with Crippen molar-refractivity contribution in [1.82, 2.24) is 0 Å². The van der Waals surface area contributed by atoms with Gasteiger partial charge in [0.05, 0.1) is 11.0 Å². The fourth-order valence-corrected chi connectivity index (χ4v) is 1.66. The fourth-order valence-electron chi connectivity index (χ4n) is 1.66. The largest absolute Gasteiger partial charge is 0.324 e. The molecule has 0 aliphatic carbocycles. The Hall–Kier alpha value is -1.49. The maximum Gasteiger partial charge on any atom is 0.277 e. The molecule has 0 amide bonds. The van der Waals surface area contributed by atoms with Gasteiger partial charge in [-0.1, -0.05) is 13.8 Å². The number of nitrogens with zero attached hydrogens (tertiary/aromatic N) is 1. The van der Waals surface area contributed by atoms with Crippen LogP contribution in [0.25, 0.3) is 0 Å². The van der Waals surface area contributed by atoms with E-state index in [-0.39, 0.29) is 5.69 Å². The van der Waals surface area contributed by atoms with Crippen molar-refractivity contribution in [1.29, 1.82) is 0 Å². The maximum atomic E-state index is 12.9. The van der Waals surface area contributed by atoms with E-state index in [0.29, 0.717) is 17.9 Å². The smallest absolute Gasteiger partial charge is 0.277 e. The Bertz CT molecular complexity index is 407. The molecular formula is C12H17FN2O2. The number of nitrogens with two attached hydrogens (primary N) is 1. The SMILES string of the molecule is CC(C)CC[C@@H](N)c1ccc(F)cc1[N+](=O)[O-]. The van der Waals surface area contributed by atoms with Crippen LogP contribution in [0.4, 0.5) is 10.1 Å². The summed E-state index contributed by atoms with van der Waals surface area (Å²) in [4.78, 5) is 10.2. The van der Waals surface area contributed by atoms with Gasteiger partial charge in [-0.25, -0.2) is 4.39 Å². The lowest BCUT2D eigenvalue weighted by Gasteiger charge is -2.13. The molecule has 1 aromatic carbocycles. The molecule has 0 aromatic heterocycles. The Kier molecular flexibility index (Phi) is 4.57. The summed E-state index contributed by atoms with van der Waals surface area (Å²) >= 11 is 0. The van der Waals surface area contributed by atoms with Crippen molar-refractivity contribution >= 4 is 5.69 Å². The van der Waals surface area contributed by atoms with Crippen LogP contribution in [0.3, 0.4) is 0 Å². The molecule has 0 bridgehead atoms. The van der Waals surface area contributed by atoms with Crippen LogP contribution < -0.4 is 5.73 Å². The van der Waals surface area contributed by atoms with Gasteiger partial charge in [0, 0.05) is 11.6 Å². The van der Waals surface area contributed by atoms with Crippen LogP contribution in [0.15, 0.2) is 18.2 Å². The number of rotatable bonds is 5. The summed E-state index contributed by atoms with van der Waals surface area (Å²) in [5, 5.41) is 10.8. The highest BCUT2D eigenvalue weighted by Gasteiger charge is 2.20. The van der Waals surface area contributed by atoms with E-state index in [1.165, 1.54) is 12.1 Å². The van der Waals surface area contributed by atoms with Gasteiger partial charge in [0.1, 0.15) is 5.82 Å². The zero-order valence-corrected chi connectivity index (χ0v) is 10.0. The Morgan fingerprint density at radius 1 is 1.41 bits per heavy atom. The number of nitro benzene ring substituents is 1. The number of hydrogen-bond donors (Lipinski definition) is 1. The van der Waals surface area contributed by atoms with E-state index in [0.717, 1.165) is 12.5 Å². The van der Waals surface area contributed by atoms with Gasteiger partial charge in [0.25, 0.3) is 5.69 Å². The molecule has 0 fully saturated rings. The first-order chi connectivity index (χ1) is 7.91. The van der Waals surface area contributed by atoms with Crippen LogP contribution in [-0.4, -0.2) is 4.92 Å². The van der Waals surface area contributed by atoms with Gasteiger partial charge >= 0.3 is 0 Å². The molecule has 4 nitrogen and oxygen atoms in total. The highest BCUT2D eigenvalue weighted by molar-refractivity contribution is 5.42. The quantitative estimate of drug-likeness (QED) is 0.634. The Morgan fingerprint density at radius 3 is 2.59 bits per heavy atom. The molecule has 0 aliphatic heterocycles. The molecule has 0 unspecified atom stereocenters. The average molecular weight is 240 g/mol. The minimum atomic E-state index is -0.614. The highest BCUT2D eigenvalue weighted by Crippen LogP contribution is 2.28. The monoisotopic (exact) mass is 240 g/mol. The molecule has 94 valence electrons. The van der Waals surface area contributed by atoms with Gasteiger partial charge in [0.2, 0.25) is 0 Å². The number of halogens is 1. The summed E-state index contributed by atoms with van der Waals surface area (Å²) in [6.07, 6.45) is 1.54. The van der Waals surface area contributed by atoms with Crippen molar-refractivity contribution in [3.05, 3.63) is 39.7 Å². The molecule has 0 heterocycles. The summed E-state index contributed by atoms with van der Waals surface area (Å²) in [7, 11) is 0. The highest BCUT2D eigenvalue weighted by atomic mass is 19.1. The molecule has 0 radical (unpaired) electrons. The fraction of sp³-hybridized carbons (Fsp3) is 0.500. The third-order valence-corrected chi connectivity index (χ3v) is 2.64. The lowest BCUT2D eigenvalue weighted by molar-refractivity contribution is -0.385. The average Bonchev–Trinajstić information content (AvgIpc) is 2.25. The predicted molar refractivity (Wildman–Crippen MR) is 64.1 cm³/mol. The van der Waals surface area contributed by atoms with Crippen molar-refractivity contribution in [3.8, 4) is 0 Å². The standard InChI is InChI=1S/C12H17FN2O2/c1-8(2)3-6-11(14)10-5-4-9(13)7-12(10)15(16)17/h4-5,7-8,11H,3,6,14H2,1-2H3/t11-/m1/s1. The van der Waals surface area contributed by atoms with E-state index in [4.69, 9.17) is 5.73 Å². The van der Waals surface area contributed by atoms with Gasteiger partial charge in [-0.15, -0.1) is 0 Å². The molecular weight excluding hydrogens is 223 g/mol. The Morgan fingerprint density at radius 2 is 2.06 bits per heavy atom. The minimum Gasteiger partial charge on any atom is -0.324 e. The number of hydrogen-bond acceptors (Lipinski definition) is 3. The first-order valence-electron chi connectivity index (χ1n) is 5.61. The zero-order valence-electron chi connectivity index (χ0n) is 10.0. The lowest BCUT2D eigenvalue weighted by atomic mass is 9.97. The molecule has 1 aromatic rings. The van der Waals surface area contributed by atoms with Crippen LogP contribution >= 0.6 is 0 Å². The Labute approximate surface area is 99.8 Å². The first kappa shape index (κ1) is 13.6. The van der Waals surface area contributed by atoms with E-state index in [9.17, 15) is 14.5 Å². The lowest BCUT2D eigenvalue weighted by Crippen LogP contribution is -2.13. The summed E-state index contributed by atoms with van der Waals surface area (Å²) in [5.74, 6) is -0.128. The maximum absolute atomic E-state index is 12.9. The van der Waals surface area contributed by atoms with Gasteiger partial charge in [0.15, 0.2) is 0 Å². The summed E-state index contributed by atoms with van der Waals surface area (Å²) in [6, 6.07) is 3.11. The molecule has 0 spiro atoms. The van der Waals surface area contributed by atoms with Crippen LogP contribution in [0.2, 0.25) is 0 Å². The van der Waals surface area contributed by atoms with E-state index < -0.39 is 16.8 Å². The van der Waals surface area contributed by atoms with Crippen molar-refractivity contribution in [2.45, 2.75) is 32.7 Å². The third-order valence-electron chi connectivity index (χ3n) is 2.64.